The van der Waals surface area contributed by atoms with Gasteiger partial charge in [0.15, 0.2) is 0 Å². The van der Waals surface area contributed by atoms with Crippen molar-refractivity contribution in [3.63, 3.8) is 0 Å². The Balaban J connectivity index is 1.70. The number of aromatic amines is 1. The topological polar surface area (TPSA) is 91.7 Å². The van der Waals surface area contributed by atoms with E-state index in [1.54, 1.807) is 20.0 Å². The summed E-state index contributed by atoms with van der Waals surface area (Å²) in [4.78, 5) is 0. The van der Waals surface area contributed by atoms with E-state index in [4.69, 9.17) is 0 Å². The molecule has 0 spiro atoms. The van der Waals surface area contributed by atoms with Crippen molar-refractivity contribution in [2.45, 2.75) is 63.8 Å². The Morgan fingerprint density at radius 3 is 2.91 bits per heavy atom. The van der Waals surface area contributed by atoms with Gasteiger partial charge in [-0.15, -0.1) is 5.10 Å². The molecule has 0 aliphatic heterocycles. The van der Waals surface area contributed by atoms with Crippen LogP contribution in [0, 0.1) is 0 Å². The van der Waals surface area contributed by atoms with Crippen LogP contribution in [-0.2, 0) is 12.1 Å². The third-order valence-electron chi connectivity index (χ3n) is 4.32. The molecule has 1 aliphatic rings. The van der Waals surface area contributed by atoms with Gasteiger partial charge in [0.05, 0.1) is 12.2 Å². The molecule has 2 aromatic rings. The van der Waals surface area contributed by atoms with Gasteiger partial charge in [0, 0.05) is 24.5 Å². The first-order valence-electron chi connectivity index (χ1n) is 7.90. The van der Waals surface area contributed by atoms with Gasteiger partial charge in [0.1, 0.15) is 11.3 Å². The van der Waals surface area contributed by atoms with E-state index in [9.17, 15) is 5.11 Å². The van der Waals surface area contributed by atoms with E-state index in [0.29, 0.717) is 11.7 Å². The van der Waals surface area contributed by atoms with Crippen LogP contribution in [0.5, 0.6) is 0 Å². The van der Waals surface area contributed by atoms with Gasteiger partial charge in [0.2, 0.25) is 0 Å². The van der Waals surface area contributed by atoms with Gasteiger partial charge < -0.3 is 10.4 Å². The number of rotatable bonds is 5. The van der Waals surface area contributed by atoms with E-state index in [0.717, 1.165) is 25.1 Å². The van der Waals surface area contributed by atoms with Crippen molar-refractivity contribution in [3.8, 4) is 0 Å². The van der Waals surface area contributed by atoms with E-state index in [1.165, 1.54) is 12.8 Å². The summed E-state index contributed by atoms with van der Waals surface area (Å²) in [5, 5.41) is 29.0. The molecule has 0 bridgehead atoms. The van der Waals surface area contributed by atoms with E-state index in [2.05, 4.69) is 25.8 Å². The van der Waals surface area contributed by atoms with Crippen LogP contribution in [0.1, 0.15) is 57.0 Å². The zero-order valence-corrected chi connectivity index (χ0v) is 13.2. The SMILES string of the molecule is CC(C)(O)c1cn([C@@H]2CCCC[C@@H]2NCc2ccn[nH]2)nn1. The highest BCUT2D eigenvalue weighted by molar-refractivity contribution is 5.04. The zero-order chi connectivity index (χ0) is 15.6. The monoisotopic (exact) mass is 304 g/mol. The molecular formula is C15H24N6O. The second-order valence-electron chi connectivity index (χ2n) is 6.56. The van der Waals surface area contributed by atoms with Crippen LogP contribution in [-0.4, -0.2) is 36.3 Å². The van der Waals surface area contributed by atoms with E-state index >= 15 is 0 Å². The van der Waals surface area contributed by atoms with Crippen LogP contribution in [0.2, 0.25) is 0 Å². The molecule has 0 unspecified atom stereocenters. The second-order valence-corrected chi connectivity index (χ2v) is 6.56. The highest BCUT2D eigenvalue weighted by atomic mass is 16.3. The van der Waals surface area contributed by atoms with Crippen molar-refractivity contribution in [2.75, 3.05) is 0 Å². The predicted octanol–water partition coefficient (Wildman–Crippen LogP) is 1.50. The molecule has 1 aliphatic carbocycles. The average Bonchev–Trinajstić information content (AvgIpc) is 3.16. The molecule has 2 atom stereocenters. The Morgan fingerprint density at radius 2 is 2.23 bits per heavy atom. The maximum absolute atomic E-state index is 10.1. The summed E-state index contributed by atoms with van der Waals surface area (Å²) in [6.45, 7) is 4.24. The van der Waals surface area contributed by atoms with Crippen molar-refractivity contribution < 1.29 is 5.11 Å². The first-order chi connectivity index (χ1) is 10.5. The Bertz CT molecular complexity index is 585. The highest BCUT2D eigenvalue weighted by Gasteiger charge is 2.29. The zero-order valence-electron chi connectivity index (χ0n) is 13.2. The van der Waals surface area contributed by atoms with Gasteiger partial charge in [-0.05, 0) is 32.8 Å². The summed E-state index contributed by atoms with van der Waals surface area (Å²) in [7, 11) is 0. The van der Waals surface area contributed by atoms with Crippen molar-refractivity contribution in [1.29, 1.82) is 0 Å². The van der Waals surface area contributed by atoms with E-state index < -0.39 is 5.60 Å². The normalized spacial score (nSPS) is 22.9. The number of nitrogens with one attached hydrogen (secondary N) is 2. The molecule has 2 heterocycles. The molecular weight excluding hydrogens is 280 g/mol. The Hall–Kier alpha value is -1.73. The number of hydrogen-bond acceptors (Lipinski definition) is 5. The lowest BCUT2D eigenvalue weighted by atomic mass is 9.90. The van der Waals surface area contributed by atoms with Gasteiger partial charge in [-0.2, -0.15) is 5.10 Å². The second kappa shape index (κ2) is 6.18. The Morgan fingerprint density at radius 1 is 1.41 bits per heavy atom. The fourth-order valence-corrected chi connectivity index (χ4v) is 3.01. The lowest BCUT2D eigenvalue weighted by Crippen LogP contribution is -2.39. The maximum atomic E-state index is 10.1. The van der Waals surface area contributed by atoms with Crippen molar-refractivity contribution in [2.24, 2.45) is 0 Å². The Kier molecular flexibility index (Phi) is 4.26. The van der Waals surface area contributed by atoms with E-state index in [1.807, 2.05) is 16.9 Å². The fourth-order valence-electron chi connectivity index (χ4n) is 3.01. The third-order valence-corrected chi connectivity index (χ3v) is 4.32. The minimum atomic E-state index is -0.953. The lowest BCUT2D eigenvalue weighted by Gasteiger charge is -2.32. The van der Waals surface area contributed by atoms with Crippen LogP contribution in [0.4, 0.5) is 0 Å². The minimum Gasteiger partial charge on any atom is -0.384 e. The molecule has 0 radical (unpaired) electrons. The molecule has 1 fully saturated rings. The molecule has 7 nitrogen and oxygen atoms in total. The fraction of sp³-hybridized carbons (Fsp3) is 0.667. The van der Waals surface area contributed by atoms with Crippen LogP contribution in [0.15, 0.2) is 18.5 Å². The third kappa shape index (κ3) is 3.36. The summed E-state index contributed by atoms with van der Waals surface area (Å²) in [6.07, 6.45) is 8.27. The summed E-state index contributed by atoms with van der Waals surface area (Å²) in [5.74, 6) is 0. The first-order valence-corrected chi connectivity index (χ1v) is 7.90. The van der Waals surface area contributed by atoms with Crippen molar-refractivity contribution in [3.05, 3.63) is 29.8 Å². The van der Waals surface area contributed by atoms with Crippen molar-refractivity contribution >= 4 is 0 Å². The average molecular weight is 304 g/mol. The number of aromatic nitrogens is 5. The first kappa shape index (κ1) is 15.2. The van der Waals surface area contributed by atoms with Crippen LogP contribution >= 0.6 is 0 Å². The van der Waals surface area contributed by atoms with Gasteiger partial charge >= 0.3 is 0 Å². The number of aliphatic hydroxyl groups is 1. The molecule has 0 aromatic carbocycles. The number of H-pyrrole nitrogens is 1. The summed E-state index contributed by atoms with van der Waals surface area (Å²) in [6, 6.07) is 2.61. The van der Waals surface area contributed by atoms with Crippen molar-refractivity contribution in [1.82, 2.24) is 30.5 Å². The van der Waals surface area contributed by atoms with Gasteiger partial charge in [0.25, 0.3) is 0 Å². The highest BCUT2D eigenvalue weighted by Crippen LogP contribution is 2.29. The predicted molar refractivity (Wildman–Crippen MR) is 82.0 cm³/mol. The molecule has 22 heavy (non-hydrogen) atoms. The smallest absolute Gasteiger partial charge is 0.114 e. The molecule has 120 valence electrons. The molecule has 0 saturated heterocycles. The molecule has 1 saturated carbocycles. The summed E-state index contributed by atoms with van der Waals surface area (Å²) < 4.78 is 1.91. The van der Waals surface area contributed by atoms with Crippen LogP contribution in [0.25, 0.3) is 0 Å². The maximum Gasteiger partial charge on any atom is 0.114 e. The minimum absolute atomic E-state index is 0.278. The van der Waals surface area contributed by atoms with Gasteiger partial charge in [-0.1, -0.05) is 18.1 Å². The summed E-state index contributed by atoms with van der Waals surface area (Å²) in [5.41, 5.74) is 0.747. The van der Waals surface area contributed by atoms with E-state index in [-0.39, 0.29) is 6.04 Å². The van der Waals surface area contributed by atoms with Gasteiger partial charge in [-0.25, -0.2) is 4.68 Å². The van der Waals surface area contributed by atoms with Crippen LogP contribution < -0.4 is 5.32 Å². The lowest BCUT2D eigenvalue weighted by molar-refractivity contribution is 0.0736. The number of hydrogen-bond donors (Lipinski definition) is 3. The molecule has 3 rings (SSSR count). The molecule has 0 amide bonds. The standard InChI is InChI=1S/C15H24N6O/c1-15(2,22)14-10-21(20-19-14)13-6-4-3-5-12(13)16-9-11-7-8-17-18-11/h7-8,10,12-13,16,22H,3-6,9H2,1-2H3,(H,17,18)/t12-,13+/m0/s1. The largest absolute Gasteiger partial charge is 0.384 e. The molecule has 2 aromatic heterocycles. The number of nitrogens with zero attached hydrogens (tertiary/aromatic N) is 4. The van der Waals surface area contributed by atoms with Gasteiger partial charge in [-0.3, -0.25) is 5.10 Å². The quantitative estimate of drug-likeness (QED) is 0.778. The molecule has 3 N–H and O–H groups in total. The Labute approximate surface area is 130 Å². The van der Waals surface area contributed by atoms with Crippen LogP contribution in [0.3, 0.4) is 0 Å². The molecule has 7 heteroatoms. The summed E-state index contributed by atoms with van der Waals surface area (Å²) >= 11 is 0.